The first-order valence-corrected chi connectivity index (χ1v) is 12.7. The third-order valence-electron chi connectivity index (χ3n) is 6.65. The Balaban J connectivity index is 1.16. The molecular weight excluding hydrogens is 458 g/mol. The normalized spacial score (nSPS) is 21.3. The van der Waals surface area contributed by atoms with E-state index in [9.17, 15) is 13.6 Å². The van der Waals surface area contributed by atoms with Gasteiger partial charge in [-0.3, -0.25) is 9.78 Å². The third-order valence-corrected chi connectivity index (χ3v) is 7.72. The Morgan fingerprint density at radius 3 is 2.88 bits per heavy atom. The number of ether oxygens (including phenoxy) is 1. The summed E-state index contributed by atoms with van der Waals surface area (Å²) in [6.07, 6.45) is 8.19. The molecule has 0 aromatic carbocycles. The molecule has 0 bridgehead atoms. The molecule has 1 amide bonds. The number of nitrogens with zero attached hydrogens (tertiary/aromatic N) is 4. The van der Waals surface area contributed by atoms with Gasteiger partial charge in [0.05, 0.1) is 17.6 Å². The van der Waals surface area contributed by atoms with Crippen LogP contribution in [0.1, 0.15) is 58.7 Å². The van der Waals surface area contributed by atoms with Crippen LogP contribution in [-0.2, 0) is 12.8 Å². The predicted octanol–water partition coefficient (Wildman–Crippen LogP) is 4.60. The van der Waals surface area contributed by atoms with E-state index in [4.69, 9.17) is 4.74 Å². The zero-order chi connectivity index (χ0) is 23.9. The molecule has 3 heterocycles. The van der Waals surface area contributed by atoms with Crippen molar-refractivity contribution in [2.75, 3.05) is 26.2 Å². The summed E-state index contributed by atoms with van der Waals surface area (Å²) in [7, 11) is 0. The van der Waals surface area contributed by atoms with Gasteiger partial charge in [-0.05, 0) is 69.9 Å². The van der Waals surface area contributed by atoms with E-state index in [0.717, 1.165) is 68.7 Å². The Morgan fingerprint density at radius 2 is 2.12 bits per heavy atom. The molecule has 1 aliphatic carbocycles. The smallest absolute Gasteiger partial charge is 0.287 e. The highest BCUT2D eigenvalue weighted by molar-refractivity contribution is 7.13. The van der Waals surface area contributed by atoms with E-state index in [1.54, 1.807) is 6.92 Å². The Kier molecular flexibility index (Phi) is 8.57. The highest BCUT2D eigenvalue weighted by Gasteiger charge is 2.23. The van der Waals surface area contributed by atoms with E-state index >= 15 is 0 Å². The Hall–Kier alpha value is -2.44. The van der Waals surface area contributed by atoms with Gasteiger partial charge in [0.15, 0.2) is 6.61 Å². The maximum atomic E-state index is 12.3. The number of amides is 1. The van der Waals surface area contributed by atoms with E-state index in [1.165, 1.54) is 24.0 Å². The number of carbonyl (C=O) groups excluding carboxylic acids is 1. The number of hydrogen-bond acceptors (Lipinski definition) is 6. The Bertz CT molecular complexity index is 964. The van der Waals surface area contributed by atoms with Crippen molar-refractivity contribution in [3.8, 4) is 5.19 Å². The highest BCUT2D eigenvalue weighted by atomic mass is 32.1. The SMILES string of the molecule is Cc1ncc#cc1C(=O)N=CC1CCC(CCN2CCc3nc(OCC(F)F)sc3CC2)CC1. The van der Waals surface area contributed by atoms with Crippen molar-refractivity contribution >= 4 is 23.5 Å². The van der Waals surface area contributed by atoms with Crippen molar-refractivity contribution in [2.45, 2.75) is 58.3 Å². The highest BCUT2D eigenvalue weighted by Crippen LogP contribution is 2.31. The van der Waals surface area contributed by atoms with E-state index in [1.807, 2.05) is 6.21 Å². The summed E-state index contributed by atoms with van der Waals surface area (Å²) >= 11 is 1.41. The second-order valence-corrected chi connectivity index (χ2v) is 10.1. The van der Waals surface area contributed by atoms with Crippen molar-refractivity contribution in [3.05, 3.63) is 40.2 Å². The number of halogens is 2. The lowest BCUT2D eigenvalue weighted by atomic mass is 9.81. The second kappa shape index (κ2) is 11.8. The number of carbonyl (C=O) groups is 1. The van der Waals surface area contributed by atoms with Crippen LogP contribution in [0.25, 0.3) is 0 Å². The first-order chi connectivity index (χ1) is 16.5. The van der Waals surface area contributed by atoms with Gasteiger partial charge < -0.3 is 9.64 Å². The summed E-state index contributed by atoms with van der Waals surface area (Å²) in [4.78, 5) is 28.6. The zero-order valence-electron chi connectivity index (χ0n) is 19.4. The van der Waals surface area contributed by atoms with Crippen LogP contribution in [0, 0.1) is 30.9 Å². The average molecular weight is 489 g/mol. The van der Waals surface area contributed by atoms with Gasteiger partial charge in [-0.25, -0.2) is 18.8 Å². The lowest BCUT2D eigenvalue weighted by molar-refractivity contribution is 0.0816. The fourth-order valence-corrected chi connectivity index (χ4v) is 5.58. The van der Waals surface area contributed by atoms with Crippen LogP contribution in [0.15, 0.2) is 11.2 Å². The standard InChI is InChI=1S/C25H30F2N4O2S/c1-17-20(3-2-11-28-17)24(32)29-15-19-6-4-18(5-7-19)8-12-31-13-9-21-22(10-14-31)34-25(30-21)33-16-23(26)27/h11,15,18-19,23H,4-10,12-14,16H2,1H3. The van der Waals surface area contributed by atoms with Gasteiger partial charge in [-0.15, -0.1) is 0 Å². The quantitative estimate of drug-likeness (QED) is 0.508. The first-order valence-electron chi connectivity index (χ1n) is 11.9. The minimum Gasteiger partial charge on any atom is -0.464 e. The molecule has 182 valence electrons. The van der Waals surface area contributed by atoms with Crippen LogP contribution < -0.4 is 4.74 Å². The maximum absolute atomic E-state index is 12.3. The number of hydrogen-bond donors (Lipinski definition) is 0. The summed E-state index contributed by atoms with van der Waals surface area (Å²) in [5, 5.41) is 0.368. The Labute approximate surface area is 203 Å². The summed E-state index contributed by atoms with van der Waals surface area (Å²) in [6.45, 7) is 4.16. The molecule has 2 aliphatic rings. The Morgan fingerprint density at radius 1 is 1.32 bits per heavy atom. The molecule has 1 fully saturated rings. The topological polar surface area (TPSA) is 67.7 Å². The molecule has 2 aromatic heterocycles. The van der Waals surface area contributed by atoms with Crippen LogP contribution in [0.4, 0.5) is 8.78 Å². The van der Waals surface area contributed by atoms with Crippen LogP contribution >= 0.6 is 11.3 Å². The predicted molar refractivity (Wildman–Crippen MR) is 127 cm³/mol. The lowest BCUT2D eigenvalue weighted by Crippen LogP contribution is -2.29. The molecule has 0 unspecified atom stereocenters. The summed E-state index contributed by atoms with van der Waals surface area (Å²) in [6, 6.07) is 5.53. The summed E-state index contributed by atoms with van der Waals surface area (Å²) in [5.74, 6) is 0.761. The van der Waals surface area contributed by atoms with E-state index < -0.39 is 13.0 Å². The molecule has 2 aromatic rings. The fraction of sp³-hybridized carbons (Fsp3) is 0.600. The van der Waals surface area contributed by atoms with Gasteiger partial charge in [0, 0.05) is 30.6 Å². The monoisotopic (exact) mass is 488 g/mol. The van der Waals surface area contributed by atoms with Crippen LogP contribution in [0.5, 0.6) is 5.19 Å². The first kappa shape index (κ1) is 24.7. The lowest BCUT2D eigenvalue weighted by Gasteiger charge is -2.28. The zero-order valence-corrected chi connectivity index (χ0v) is 20.3. The number of rotatable bonds is 8. The molecule has 1 saturated carbocycles. The van der Waals surface area contributed by atoms with E-state index in [2.05, 4.69) is 32.0 Å². The number of fused-ring (bicyclic) bond motifs is 1. The molecule has 4 rings (SSSR count). The van der Waals surface area contributed by atoms with Gasteiger partial charge in [0.25, 0.3) is 17.5 Å². The number of thiazole rings is 1. The molecule has 1 aliphatic heterocycles. The molecule has 34 heavy (non-hydrogen) atoms. The molecule has 6 nitrogen and oxygen atoms in total. The van der Waals surface area contributed by atoms with Gasteiger partial charge in [0.2, 0.25) is 0 Å². The minimum absolute atomic E-state index is 0.291. The van der Waals surface area contributed by atoms with E-state index in [0.29, 0.717) is 28.3 Å². The molecular formula is C25H30F2N4O2S. The molecule has 0 atom stereocenters. The fourth-order valence-electron chi connectivity index (χ4n) is 4.63. The van der Waals surface area contributed by atoms with Gasteiger partial charge in [-0.2, -0.15) is 0 Å². The second-order valence-electron chi connectivity index (χ2n) is 9.03. The van der Waals surface area contributed by atoms with Crippen molar-refractivity contribution in [1.82, 2.24) is 14.9 Å². The van der Waals surface area contributed by atoms with Gasteiger partial charge in [0.1, 0.15) is 5.56 Å². The average Bonchev–Trinajstić information content (AvgIpc) is 3.14. The van der Waals surface area contributed by atoms with Crippen LogP contribution in [0.2, 0.25) is 0 Å². The molecule has 0 saturated heterocycles. The molecule has 0 radical (unpaired) electrons. The van der Waals surface area contributed by atoms with Crippen LogP contribution in [-0.4, -0.2) is 59.7 Å². The molecule has 0 spiro atoms. The molecule has 0 N–H and O–H groups in total. The van der Waals surface area contributed by atoms with Gasteiger partial charge >= 0.3 is 0 Å². The minimum atomic E-state index is -2.47. The maximum Gasteiger partial charge on any atom is 0.287 e. The van der Waals surface area contributed by atoms with Crippen LogP contribution in [0.3, 0.4) is 0 Å². The largest absolute Gasteiger partial charge is 0.464 e. The number of aliphatic imine (C=N–C) groups is 1. The van der Waals surface area contributed by atoms with Gasteiger partial charge in [-0.1, -0.05) is 17.4 Å². The van der Waals surface area contributed by atoms with Crippen molar-refractivity contribution < 1.29 is 18.3 Å². The van der Waals surface area contributed by atoms with Crippen molar-refractivity contribution in [2.24, 2.45) is 16.8 Å². The number of alkyl halides is 2. The van der Waals surface area contributed by atoms with Crippen molar-refractivity contribution in [1.29, 1.82) is 0 Å². The number of aryl methyl sites for hydroxylation is 1. The van der Waals surface area contributed by atoms with Crippen molar-refractivity contribution in [3.63, 3.8) is 0 Å². The molecule has 9 heteroatoms. The summed E-state index contributed by atoms with van der Waals surface area (Å²) in [5.41, 5.74) is 2.03. The third kappa shape index (κ3) is 6.80. The number of aromatic nitrogens is 2. The van der Waals surface area contributed by atoms with E-state index in [-0.39, 0.29) is 5.91 Å². The summed E-state index contributed by atoms with van der Waals surface area (Å²) < 4.78 is 29.8.